The molecule has 1 aromatic carbocycles. The fourth-order valence-corrected chi connectivity index (χ4v) is 3.67. The normalized spacial score (nSPS) is 13.6. The molecule has 198 valence electrons. The highest BCUT2D eigenvalue weighted by molar-refractivity contribution is 6.00. The number of rotatable bonds is 16. The van der Waals surface area contributed by atoms with Crippen molar-refractivity contribution >= 4 is 29.4 Å². The van der Waals surface area contributed by atoms with Crippen molar-refractivity contribution in [2.24, 2.45) is 5.92 Å². The molecule has 1 heterocycles. The summed E-state index contributed by atoms with van der Waals surface area (Å²) in [7, 11) is 1.70. The van der Waals surface area contributed by atoms with E-state index in [1.807, 2.05) is 31.2 Å². The van der Waals surface area contributed by atoms with Crippen molar-refractivity contribution in [2.45, 2.75) is 65.3 Å². The van der Waals surface area contributed by atoms with Gasteiger partial charge in [-0.25, -0.2) is 0 Å². The molecule has 4 amide bonds. The number of carbonyl (C=O) groups is 5. The molecular weight excluding hydrogens is 462 g/mol. The molecule has 1 atom stereocenters. The minimum atomic E-state index is -0.184. The van der Waals surface area contributed by atoms with Gasteiger partial charge in [0.15, 0.2) is 0 Å². The number of likely N-dealkylation sites (N-methyl/N-ethyl adjacent to an activating group) is 1. The van der Waals surface area contributed by atoms with Crippen molar-refractivity contribution in [3.05, 3.63) is 35.4 Å². The second-order valence-electron chi connectivity index (χ2n) is 9.45. The van der Waals surface area contributed by atoms with Crippen LogP contribution in [-0.2, 0) is 41.7 Å². The van der Waals surface area contributed by atoms with Gasteiger partial charge in [0.25, 0.3) is 0 Å². The van der Waals surface area contributed by atoms with Gasteiger partial charge in [0.2, 0.25) is 23.6 Å². The van der Waals surface area contributed by atoms with E-state index < -0.39 is 0 Å². The summed E-state index contributed by atoms with van der Waals surface area (Å²) in [4.78, 5) is 61.6. The minimum Gasteiger partial charge on any atom is -0.372 e. The van der Waals surface area contributed by atoms with Crippen LogP contribution in [0.3, 0.4) is 0 Å². The number of nitrogens with zero attached hydrogens (tertiary/aromatic N) is 2. The van der Waals surface area contributed by atoms with Crippen LogP contribution < -0.4 is 5.32 Å². The Labute approximate surface area is 213 Å². The molecule has 2 rings (SSSR count). The Hall–Kier alpha value is -3.07. The molecule has 1 aliphatic heterocycles. The number of β-lactam (4-membered cyclic amide) rings is 1. The van der Waals surface area contributed by atoms with Crippen LogP contribution in [0.1, 0.15) is 63.5 Å². The largest absolute Gasteiger partial charge is 0.372 e. The van der Waals surface area contributed by atoms with Gasteiger partial charge in [-0.2, -0.15) is 0 Å². The average Bonchev–Trinajstić information content (AvgIpc) is 2.83. The van der Waals surface area contributed by atoms with Crippen molar-refractivity contribution in [3.8, 4) is 0 Å². The molecule has 36 heavy (non-hydrogen) atoms. The maximum absolute atomic E-state index is 12.3. The molecular formula is C27H39N3O6. The summed E-state index contributed by atoms with van der Waals surface area (Å²) in [6.45, 7) is 5.31. The predicted molar refractivity (Wildman–Crippen MR) is 135 cm³/mol. The topological polar surface area (TPSA) is 113 Å². The fourth-order valence-electron chi connectivity index (χ4n) is 3.67. The lowest BCUT2D eigenvalue weighted by atomic mass is 10.0. The van der Waals surface area contributed by atoms with E-state index in [0.717, 1.165) is 30.4 Å². The van der Waals surface area contributed by atoms with Crippen LogP contribution in [0.5, 0.6) is 0 Å². The van der Waals surface area contributed by atoms with Crippen molar-refractivity contribution < 1.29 is 28.7 Å². The first-order chi connectivity index (χ1) is 17.2. The Bertz CT molecular complexity index is 915. The van der Waals surface area contributed by atoms with E-state index in [4.69, 9.17) is 4.74 Å². The van der Waals surface area contributed by atoms with E-state index in [1.165, 1.54) is 4.90 Å². The first kappa shape index (κ1) is 29.2. The lowest BCUT2D eigenvalue weighted by molar-refractivity contribution is -0.152. The van der Waals surface area contributed by atoms with Gasteiger partial charge in [0, 0.05) is 52.0 Å². The van der Waals surface area contributed by atoms with Crippen molar-refractivity contribution in [2.75, 3.05) is 33.4 Å². The molecule has 1 unspecified atom stereocenters. The zero-order valence-electron chi connectivity index (χ0n) is 21.7. The summed E-state index contributed by atoms with van der Waals surface area (Å²) < 4.78 is 5.43. The Morgan fingerprint density at radius 3 is 2.39 bits per heavy atom. The molecule has 0 radical (unpaired) electrons. The maximum Gasteiger partial charge on any atom is 0.248 e. The van der Waals surface area contributed by atoms with Crippen molar-refractivity contribution in [1.82, 2.24) is 15.1 Å². The zero-order valence-corrected chi connectivity index (χ0v) is 21.7. The van der Waals surface area contributed by atoms with Crippen LogP contribution in [0, 0.1) is 5.92 Å². The number of hydrogen-bond acceptors (Lipinski definition) is 6. The van der Waals surface area contributed by atoms with Gasteiger partial charge in [-0.05, 0) is 37.3 Å². The van der Waals surface area contributed by atoms with Gasteiger partial charge in [-0.3, -0.25) is 28.9 Å². The average molecular weight is 502 g/mol. The van der Waals surface area contributed by atoms with E-state index in [9.17, 15) is 24.0 Å². The summed E-state index contributed by atoms with van der Waals surface area (Å²) in [5, 5.41) is 2.87. The number of benzene rings is 1. The molecule has 1 aromatic rings. The third-order valence-electron chi connectivity index (χ3n) is 6.37. The Kier molecular flexibility index (Phi) is 12.3. The zero-order chi connectivity index (χ0) is 26.5. The number of carbonyl (C=O) groups excluding carboxylic acids is 5. The quantitative estimate of drug-likeness (QED) is 0.275. The Morgan fingerprint density at radius 2 is 1.78 bits per heavy atom. The highest BCUT2D eigenvalue weighted by Gasteiger charge is 2.29. The lowest BCUT2D eigenvalue weighted by Crippen LogP contribution is -2.48. The van der Waals surface area contributed by atoms with Crippen LogP contribution in [0.2, 0.25) is 0 Å². The summed E-state index contributed by atoms with van der Waals surface area (Å²) >= 11 is 0. The molecule has 0 aliphatic carbocycles. The highest BCUT2D eigenvalue weighted by atomic mass is 16.5. The maximum atomic E-state index is 12.3. The molecule has 0 saturated carbocycles. The number of Topliss-reactive ketones (excluding diaryl/α,β-unsaturated/α-hetero) is 1. The van der Waals surface area contributed by atoms with Gasteiger partial charge < -0.3 is 15.0 Å². The van der Waals surface area contributed by atoms with E-state index in [-0.39, 0.29) is 48.4 Å². The number of hydrogen-bond donors (Lipinski definition) is 1. The number of nitrogens with one attached hydrogen (secondary N) is 1. The number of unbranched alkanes of at least 4 members (excludes halogenated alkanes) is 1. The summed E-state index contributed by atoms with van der Waals surface area (Å²) in [5.41, 5.74) is 1.75. The molecule has 1 aliphatic rings. The molecule has 1 fully saturated rings. The van der Waals surface area contributed by atoms with Crippen LogP contribution in [0.15, 0.2) is 24.3 Å². The first-order valence-electron chi connectivity index (χ1n) is 12.7. The molecule has 9 heteroatoms. The van der Waals surface area contributed by atoms with Gasteiger partial charge in [0.05, 0.1) is 6.42 Å². The number of amides is 4. The molecule has 0 bridgehead atoms. The van der Waals surface area contributed by atoms with Crippen molar-refractivity contribution in [1.29, 1.82) is 0 Å². The van der Waals surface area contributed by atoms with Crippen LogP contribution in [0.4, 0.5) is 0 Å². The van der Waals surface area contributed by atoms with Gasteiger partial charge in [-0.1, -0.05) is 37.6 Å². The highest BCUT2D eigenvalue weighted by Crippen LogP contribution is 2.13. The second kappa shape index (κ2) is 15.1. The standard InChI is InChI=1S/C27H39N3O6/c1-20(21(2)31)7-4-5-14-28-24(32)8-6-16-36-19-27(35)29(3)18-23-11-9-22(10-12-23)17-26(34)30-15-13-25(30)33/h9-12,20H,4-8,13-19H2,1-3H3,(H,28,32). The van der Waals surface area contributed by atoms with Gasteiger partial charge >= 0.3 is 0 Å². The fraction of sp³-hybridized carbons (Fsp3) is 0.593. The van der Waals surface area contributed by atoms with E-state index in [0.29, 0.717) is 45.5 Å². The number of imide groups is 1. The summed E-state index contributed by atoms with van der Waals surface area (Å²) in [5.74, 6) is -0.226. The summed E-state index contributed by atoms with van der Waals surface area (Å²) in [6, 6.07) is 7.41. The number of likely N-dealkylation sites (tertiary alicyclic amines) is 1. The monoisotopic (exact) mass is 501 g/mol. The smallest absolute Gasteiger partial charge is 0.248 e. The van der Waals surface area contributed by atoms with E-state index >= 15 is 0 Å². The molecule has 9 nitrogen and oxygen atoms in total. The van der Waals surface area contributed by atoms with Crippen LogP contribution >= 0.6 is 0 Å². The van der Waals surface area contributed by atoms with E-state index in [1.54, 1.807) is 18.9 Å². The van der Waals surface area contributed by atoms with Crippen molar-refractivity contribution in [3.63, 3.8) is 0 Å². The second-order valence-corrected chi connectivity index (χ2v) is 9.45. The third kappa shape index (κ3) is 10.3. The molecule has 1 saturated heterocycles. The number of ketones is 1. The SMILES string of the molecule is CC(=O)C(C)CCCCNC(=O)CCCOCC(=O)N(C)Cc1ccc(CC(=O)N2CCC2=O)cc1. The van der Waals surface area contributed by atoms with E-state index in [2.05, 4.69) is 5.32 Å². The lowest BCUT2D eigenvalue weighted by Gasteiger charge is -2.28. The molecule has 0 aromatic heterocycles. The molecule has 0 spiro atoms. The number of ether oxygens (including phenoxy) is 1. The Balaban J connectivity index is 1.54. The predicted octanol–water partition coefficient (Wildman–Crippen LogP) is 2.25. The minimum absolute atomic E-state index is 0.0386. The van der Waals surface area contributed by atoms with Crippen LogP contribution in [-0.4, -0.2) is 72.6 Å². The third-order valence-corrected chi connectivity index (χ3v) is 6.37. The Morgan fingerprint density at radius 1 is 1.08 bits per heavy atom. The van der Waals surface area contributed by atoms with Gasteiger partial charge in [-0.15, -0.1) is 0 Å². The molecule has 1 N–H and O–H groups in total. The van der Waals surface area contributed by atoms with Gasteiger partial charge in [0.1, 0.15) is 12.4 Å². The summed E-state index contributed by atoms with van der Waals surface area (Å²) in [6.07, 6.45) is 4.10. The first-order valence-corrected chi connectivity index (χ1v) is 12.7. The van der Waals surface area contributed by atoms with Crippen LogP contribution in [0.25, 0.3) is 0 Å².